The van der Waals surface area contributed by atoms with Gasteiger partial charge in [-0.2, -0.15) is 10.1 Å². The molecule has 1 aliphatic rings. The molecule has 1 aliphatic heterocycles. The van der Waals surface area contributed by atoms with Crippen molar-refractivity contribution in [3.8, 4) is 5.69 Å². The first kappa shape index (κ1) is 18.4. The van der Waals surface area contributed by atoms with Gasteiger partial charge in [-0.3, -0.25) is 0 Å². The van der Waals surface area contributed by atoms with Gasteiger partial charge in [0, 0.05) is 55.3 Å². The molecule has 0 saturated carbocycles. The summed E-state index contributed by atoms with van der Waals surface area (Å²) in [6.45, 7) is 8.26. The summed E-state index contributed by atoms with van der Waals surface area (Å²) in [5, 5.41) is 11.3. The summed E-state index contributed by atoms with van der Waals surface area (Å²) in [6, 6.07) is 8.20. The van der Waals surface area contributed by atoms with Gasteiger partial charge in [-0.25, -0.2) is 9.67 Å². The van der Waals surface area contributed by atoms with Crippen molar-refractivity contribution in [3.05, 3.63) is 52.5 Å². The van der Waals surface area contributed by atoms with E-state index in [1.165, 1.54) is 22.5 Å². The van der Waals surface area contributed by atoms with Crippen molar-refractivity contribution in [1.82, 2.24) is 24.6 Å². The van der Waals surface area contributed by atoms with Crippen LogP contribution in [0.1, 0.15) is 28.2 Å². The fraction of sp³-hybridized carbons (Fsp3) is 0.381. The number of aryl methyl sites for hydroxylation is 2. The molecule has 1 aromatic carbocycles. The molecule has 28 heavy (non-hydrogen) atoms. The smallest absolute Gasteiger partial charge is 0.229 e. The Balaban J connectivity index is 1.70. The molecule has 0 bridgehead atoms. The van der Waals surface area contributed by atoms with Gasteiger partial charge in [0.2, 0.25) is 5.95 Å². The van der Waals surface area contributed by atoms with E-state index in [2.05, 4.69) is 69.3 Å². The Morgan fingerprint density at radius 1 is 1.07 bits per heavy atom. The second kappa shape index (κ2) is 7.24. The van der Waals surface area contributed by atoms with E-state index in [0.29, 0.717) is 5.95 Å². The van der Waals surface area contributed by atoms with Gasteiger partial charge in [-0.15, -0.1) is 0 Å². The Hall–Kier alpha value is -2.93. The lowest BCUT2D eigenvalue weighted by molar-refractivity contribution is 0.311. The second-order valence-corrected chi connectivity index (χ2v) is 7.50. The number of fused-ring (bicyclic) bond motifs is 1. The van der Waals surface area contributed by atoms with Crippen LogP contribution in [-0.2, 0) is 13.0 Å². The van der Waals surface area contributed by atoms with E-state index in [1.807, 2.05) is 20.0 Å². The topological polar surface area (TPSA) is 70.9 Å². The number of nitrogens with zero attached hydrogens (tertiary/aromatic N) is 5. The van der Waals surface area contributed by atoms with E-state index in [0.717, 1.165) is 42.4 Å². The van der Waals surface area contributed by atoms with Gasteiger partial charge in [0.25, 0.3) is 0 Å². The van der Waals surface area contributed by atoms with E-state index >= 15 is 0 Å². The molecule has 3 heterocycles. The average Bonchev–Trinajstić information content (AvgIpc) is 2.99. The van der Waals surface area contributed by atoms with Gasteiger partial charge >= 0.3 is 0 Å². The third kappa shape index (κ3) is 3.45. The molecule has 0 spiro atoms. The summed E-state index contributed by atoms with van der Waals surface area (Å²) in [7, 11) is 4.02. The minimum absolute atomic E-state index is 0.581. The van der Waals surface area contributed by atoms with Crippen LogP contribution in [-0.4, -0.2) is 45.3 Å². The SMILES string of the molecule is CNc1cc(C)nc(Nc2ccc(C)c(-n3nc4c(c3C)CN(C)CC4)c2)n1. The predicted octanol–water partition coefficient (Wildman–Crippen LogP) is 3.36. The van der Waals surface area contributed by atoms with Crippen molar-refractivity contribution >= 4 is 17.5 Å². The third-order valence-electron chi connectivity index (χ3n) is 5.29. The number of nitrogens with one attached hydrogen (secondary N) is 2. The zero-order valence-electron chi connectivity index (χ0n) is 17.2. The highest BCUT2D eigenvalue weighted by Crippen LogP contribution is 2.27. The Bertz CT molecular complexity index is 1020. The normalized spacial score (nSPS) is 14.0. The fourth-order valence-electron chi connectivity index (χ4n) is 3.68. The molecule has 0 amide bonds. The molecule has 0 saturated heterocycles. The summed E-state index contributed by atoms with van der Waals surface area (Å²) in [4.78, 5) is 11.3. The van der Waals surface area contributed by atoms with Crippen LogP contribution in [0.15, 0.2) is 24.3 Å². The molecular formula is C21H27N7. The number of hydrogen-bond acceptors (Lipinski definition) is 6. The number of rotatable bonds is 4. The number of benzene rings is 1. The number of hydrogen-bond donors (Lipinski definition) is 2. The molecule has 0 aliphatic carbocycles. The summed E-state index contributed by atoms with van der Waals surface area (Å²) in [5.74, 6) is 1.37. The van der Waals surface area contributed by atoms with Gasteiger partial charge in [-0.05, 0) is 45.5 Å². The molecule has 146 valence electrons. The van der Waals surface area contributed by atoms with E-state index in [9.17, 15) is 0 Å². The zero-order valence-corrected chi connectivity index (χ0v) is 17.2. The van der Waals surface area contributed by atoms with Crippen LogP contribution >= 0.6 is 0 Å². The highest BCUT2D eigenvalue weighted by molar-refractivity contribution is 5.61. The van der Waals surface area contributed by atoms with Crippen molar-refractivity contribution in [2.24, 2.45) is 0 Å². The standard InChI is InChI=1S/C21H27N7/c1-13-6-7-16(24-21-23-14(2)10-20(22-4)25-21)11-19(13)28-15(3)17-12-27(5)9-8-18(17)26-28/h6-7,10-11H,8-9,12H2,1-5H3,(H2,22,23,24,25). The minimum atomic E-state index is 0.581. The largest absolute Gasteiger partial charge is 0.373 e. The van der Waals surface area contributed by atoms with E-state index in [1.54, 1.807) is 0 Å². The van der Waals surface area contributed by atoms with Crippen molar-refractivity contribution in [1.29, 1.82) is 0 Å². The highest BCUT2D eigenvalue weighted by atomic mass is 15.3. The van der Waals surface area contributed by atoms with Crippen molar-refractivity contribution in [3.63, 3.8) is 0 Å². The summed E-state index contributed by atoms with van der Waals surface area (Å²) in [6.07, 6.45) is 1.00. The van der Waals surface area contributed by atoms with Gasteiger partial charge in [0.05, 0.1) is 11.4 Å². The van der Waals surface area contributed by atoms with Crippen LogP contribution in [0.2, 0.25) is 0 Å². The average molecular weight is 377 g/mol. The molecule has 7 heteroatoms. The van der Waals surface area contributed by atoms with Crippen LogP contribution in [0.25, 0.3) is 5.69 Å². The first-order chi connectivity index (χ1) is 13.4. The van der Waals surface area contributed by atoms with Crippen molar-refractivity contribution < 1.29 is 0 Å². The first-order valence-electron chi connectivity index (χ1n) is 9.62. The van der Waals surface area contributed by atoms with Gasteiger partial charge < -0.3 is 15.5 Å². The summed E-state index contributed by atoms with van der Waals surface area (Å²) >= 11 is 0. The quantitative estimate of drug-likeness (QED) is 0.726. The fourth-order valence-corrected chi connectivity index (χ4v) is 3.68. The molecule has 2 N–H and O–H groups in total. The number of likely N-dealkylation sites (N-methyl/N-ethyl adjacent to an activating group) is 1. The number of aromatic nitrogens is 4. The molecule has 0 unspecified atom stereocenters. The monoisotopic (exact) mass is 377 g/mol. The van der Waals surface area contributed by atoms with E-state index < -0.39 is 0 Å². The lowest BCUT2D eigenvalue weighted by atomic mass is 10.1. The Morgan fingerprint density at radius 3 is 2.68 bits per heavy atom. The number of anilines is 3. The highest BCUT2D eigenvalue weighted by Gasteiger charge is 2.22. The molecule has 2 aromatic heterocycles. The van der Waals surface area contributed by atoms with Crippen LogP contribution < -0.4 is 10.6 Å². The molecule has 3 aromatic rings. The molecule has 0 radical (unpaired) electrons. The maximum Gasteiger partial charge on any atom is 0.229 e. The van der Waals surface area contributed by atoms with E-state index in [-0.39, 0.29) is 0 Å². The summed E-state index contributed by atoms with van der Waals surface area (Å²) in [5.41, 5.74) is 7.91. The van der Waals surface area contributed by atoms with Gasteiger partial charge in [-0.1, -0.05) is 6.07 Å². The van der Waals surface area contributed by atoms with Gasteiger partial charge in [0.15, 0.2) is 0 Å². The second-order valence-electron chi connectivity index (χ2n) is 7.50. The van der Waals surface area contributed by atoms with Crippen molar-refractivity contribution in [2.45, 2.75) is 33.7 Å². The maximum atomic E-state index is 4.93. The molecule has 4 rings (SSSR count). The summed E-state index contributed by atoms with van der Waals surface area (Å²) < 4.78 is 2.08. The predicted molar refractivity (Wildman–Crippen MR) is 113 cm³/mol. The Kier molecular flexibility index (Phi) is 4.77. The molecule has 0 fully saturated rings. The molecular weight excluding hydrogens is 350 g/mol. The molecule has 7 nitrogen and oxygen atoms in total. The third-order valence-corrected chi connectivity index (χ3v) is 5.29. The first-order valence-corrected chi connectivity index (χ1v) is 9.62. The van der Waals surface area contributed by atoms with E-state index in [4.69, 9.17) is 5.10 Å². The van der Waals surface area contributed by atoms with Crippen LogP contribution in [0.3, 0.4) is 0 Å². The Labute approximate surface area is 165 Å². The van der Waals surface area contributed by atoms with Crippen LogP contribution in [0, 0.1) is 20.8 Å². The lowest BCUT2D eigenvalue weighted by Crippen LogP contribution is -2.26. The van der Waals surface area contributed by atoms with Crippen molar-refractivity contribution in [2.75, 3.05) is 31.3 Å². The van der Waals surface area contributed by atoms with Gasteiger partial charge in [0.1, 0.15) is 5.82 Å². The lowest BCUT2D eigenvalue weighted by Gasteiger charge is -2.21. The van der Waals surface area contributed by atoms with Crippen LogP contribution in [0.5, 0.6) is 0 Å². The zero-order chi connectivity index (χ0) is 19.8. The Morgan fingerprint density at radius 2 is 1.89 bits per heavy atom. The maximum absolute atomic E-state index is 4.93. The minimum Gasteiger partial charge on any atom is -0.373 e. The molecule has 0 atom stereocenters. The van der Waals surface area contributed by atoms with Crippen LogP contribution in [0.4, 0.5) is 17.5 Å².